The first-order valence-electron chi connectivity index (χ1n) is 14.3. The number of aliphatic hydroxyl groups excluding tert-OH is 1. The number of carbonyl (C=O) groups is 2. The van der Waals surface area contributed by atoms with Gasteiger partial charge in [-0.25, -0.2) is 0 Å². The SMILES string of the molecule is CC(=O)NCc1cccc(-c2ccc([C@H]3O[C@@H](CSc4ccc(NC(C)=O)cc4)C[C@@H](c4ccc(CO)cc4)O3)cc2)c1. The van der Waals surface area contributed by atoms with Crippen LogP contribution in [0.25, 0.3) is 11.1 Å². The lowest BCUT2D eigenvalue weighted by molar-refractivity contribution is -0.245. The molecule has 0 saturated carbocycles. The van der Waals surface area contributed by atoms with Crippen molar-refractivity contribution in [2.24, 2.45) is 0 Å². The summed E-state index contributed by atoms with van der Waals surface area (Å²) in [7, 11) is 0. The molecule has 1 fully saturated rings. The van der Waals surface area contributed by atoms with Crippen molar-refractivity contribution in [3.8, 4) is 11.1 Å². The van der Waals surface area contributed by atoms with Crippen LogP contribution < -0.4 is 10.6 Å². The van der Waals surface area contributed by atoms with Crippen molar-refractivity contribution in [2.45, 2.75) is 56.8 Å². The molecule has 1 aliphatic heterocycles. The molecule has 0 bridgehead atoms. The summed E-state index contributed by atoms with van der Waals surface area (Å²) in [4.78, 5) is 23.8. The summed E-state index contributed by atoms with van der Waals surface area (Å²) in [5.74, 6) is 0.592. The molecule has 2 amide bonds. The summed E-state index contributed by atoms with van der Waals surface area (Å²) in [5.41, 5.74) is 6.79. The summed E-state index contributed by atoms with van der Waals surface area (Å²) in [6, 6.07) is 32.1. The molecule has 4 aromatic rings. The van der Waals surface area contributed by atoms with E-state index in [4.69, 9.17) is 9.47 Å². The first kappa shape index (κ1) is 30.5. The molecule has 4 aromatic carbocycles. The summed E-state index contributed by atoms with van der Waals surface area (Å²) in [6.07, 6.45) is -0.0644. The Morgan fingerprint density at radius 2 is 1.53 bits per heavy atom. The number of aliphatic hydroxyl groups is 1. The first-order valence-corrected chi connectivity index (χ1v) is 15.3. The van der Waals surface area contributed by atoms with Crippen LogP contribution in [0.1, 0.15) is 54.9 Å². The normalized spacial score (nSPS) is 18.2. The molecule has 1 aliphatic rings. The van der Waals surface area contributed by atoms with Gasteiger partial charge in [0.1, 0.15) is 0 Å². The number of carbonyl (C=O) groups excluding carboxylic acids is 2. The van der Waals surface area contributed by atoms with Crippen molar-refractivity contribution in [3.05, 3.63) is 119 Å². The van der Waals surface area contributed by atoms with E-state index in [1.807, 2.05) is 72.8 Å². The Labute approximate surface area is 256 Å². The van der Waals surface area contributed by atoms with Crippen LogP contribution in [-0.2, 0) is 32.2 Å². The van der Waals surface area contributed by atoms with Crippen molar-refractivity contribution in [1.29, 1.82) is 0 Å². The highest BCUT2D eigenvalue weighted by molar-refractivity contribution is 7.99. The Bertz CT molecular complexity index is 1520. The van der Waals surface area contributed by atoms with Gasteiger partial charge in [-0.3, -0.25) is 9.59 Å². The number of benzene rings is 4. The number of thioether (sulfide) groups is 1. The summed E-state index contributed by atoms with van der Waals surface area (Å²) < 4.78 is 13.0. The third-order valence-corrected chi connectivity index (χ3v) is 8.35. The highest BCUT2D eigenvalue weighted by Crippen LogP contribution is 2.40. The molecule has 222 valence electrons. The van der Waals surface area contributed by atoms with E-state index >= 15 is 0 Å². The van der Waals surface area contributed by atoms with E-state index in [0.717, 1.165) is 49.7 Å². The van der Waals surface area contributed by atoms with Crippen LogP contribution in [0.15, 0.2) is 102 Å². The van der Waals surface area contributed by atoms with Gasteiger partial charge in [-0.1, -0.05) is 66.7 Å². The zero-order valence-corrected chi connectivity index (χ0v) is 25.1. The van der Waals surface area contributed by atoms with Gasteiger partial charge in [0.2, 0.25) is 11.8 Å². The number of hydrogen-bond acceptors (Lipinski definition) is 6. The number of anilines is 1. The molecule has 1 heterocycles. The lowest BCUT2D eigenvalue weighted by Gasteiger charge is -2.36. The van der Waals surface area contributed by atoms with Crippen molar-refractivity contribution in [3.63, 3.8) is 0 Å². The molecule has 7 nitrogen and oxygen atoms in total. The van der Waals surface area contributed by atoms with Crippen LogP contribution >= 0.6 is 11.8 Å². The minimum absolute atomic E-state index is 0.0000275. The Morgan fingerprint density at radius 1 is 0.814 bits per heavy atom. The molecule has 8 heteroatoms. The predicted molar refractivity (Wildman–Crippen MR) is 169 cm³/mol. The summed E-state index contributed by atoms with van der Waals surface area (Å²) >= 11 is 1.71. The van der Waals surface area contributed by atoms with Crippen LogP contribution in [0.4, 0.5) is 5.69 Å². The number of nitrogens with one attached hydrogen (secondary N) is 2. The molecule has 3 N–H and O–H groups in total. The molecule has 0 aromatic heterocycles. The van der Waals surface area contributed by atoms with E-state index in [1.54, 1.807) is 11.8 Å². The number of hydrogen-bond donors (Lipinski definition) is 3. The topological polar surface area (TPSA) is 96.9 Å². The Hall–Kier alpha value is -3.95. The second-order valence-corrected chi connectivity index (χ2v) is 11.7. The number of ether oxygens (including phenoxy) is 2. The molecule has 3 atom stereocenters. The van der Waals surface area contributed by atoms with Gasteiger partial charge in [-0.15, -0.1) is 11.8 Å². The second kappa shape index (κ2) is 14.5. The average molecular weight is 597 g/mol. The van der Waals surface area contributed by atoms with Gasteiger partial charge >= 0.3 is 0 Å². The van der Waals surface area contributed by atoms with Gasteiger partial charge in [0, 0.05) is 48.7 Å². The van der Waals surface area contributed by atoms with E-state index in [1.165, 1.54) is 13.8 Å². The highest BCUT2D eigenvalue weighted by Gasteiger charge is 2.32. The summed E-state index contributed by atoms with van der Waals surface area (Å²) in [6.45, 7) is 3.50. The smallest absolute Gasteiger partial charge is 0.221 e. The Balaban J connectivity index is 1.31. The van der Waals surface area contributed by atoms with Crippen LogP contribution in [0.3, 0.4) is 0 Å². The number of amides is 2. The Kier molecular flexibility index (Phi) is 10.3. The monoisotopic (exact) mass is 596 g/mol. The van der Waals surface area contributed by atoms with Gasteiger partial charge in [0.05, 0.1) is 18.8 Å². The lowest BCUT2D eigenvalue weighted by atomic mass is 9.99. The largest absolute Gasteiger partial charge is 0.392 e. The van der Waals surface area contributed by atoms with Crippen molar-refractivity contribution >= 4 is 29.3 Å². The zero-order chi connectivity index (χ0) is 30.2. The molecule has 0 radical (unpaired) electrons. The third kappa shape index (κ3) is 8.55. The van der Waals surface area contributed by atoms with Gasteiger partial charge in [0.15, 0.2) is 6.29 Å². The van der Waals surface area contributed by atoms with Crippen molar-refractivity contribution in [1.82, 2.24) is 5.32 Å². The molecule has 43 heavy (non-hydrogen) atoms. The molecular formula is C35H36N2O5S. The standard InChI is InChI=1S/C35H36N2O5S/c1-23(39)36-20-26-4-3-5-30(18-26)27-10-12-29(13-11-27)35-41-32(19-34(42-35)28-8-6-25(21-38)7-9-28)22-43-33-16-14-31(15-17-33)37-24(2)40/h3-18,32,34-35,38H,19-22H2,1-2H3,(H,36,39)(H,37,40)/t32-,34+,35+/m1/s1. The molecule has 5 rings (SSSR count). The van der Waals surface area contributed by atoms with E-state index in [-0.39, 0.29) is 30.6 Å². The predicted octanol–water partition coefficient (Wildman–Crippen LogP) is 6.78. The lowest BCUT2D eigenvalue weighted by Crippen LogP contribution is -2.31. The van der Waals surface area contributed by atoms with Crippen LogP contribution in [-0.4, -0.2) is 28.8 Å². The van der Waals surface area contributed by atoms with E-state index in [0.29, 0.717) is 13.0 Å². The van der Waals surface area contributed by atoms with Crippen LogP contribution in [0, 0.1) is 0 Å². The molecule has 0 unspecified atom stereocenters. The Morgan fingerprint density at radius 3 is 2.21 bits per heavy atom. The second-order valence-electron chi connectivity index (χ2n) is 10.6. The molecule has 0 aliphatic carbocycles. The molecule has 0 spiro atoms. The maximum Gasteiger partial charge on any atom is 0.221 e. The summed E-state index contributed by atoms with van der Waals surface area (Å²) in [5, 5.41) is 15.1. The fraction of sp³-hybridized carbons (Fsp3) is 0.257. The van der Waals surface area contributed by atoms with Gasteiger partial charge < -0.3 is 25.2 Å². The van der Waals surface area contributed by atoms with E-state index in [9.17, 15) is 14.7 Å². The van der Waals surface area contributed by atoms with Gasteiger partial charge in [0.25, 0.3) is 0 Å². The number of rotatable bonds is 10. The maximum absolute atomic E-state index is 11.3. The third-order valence-electron chi connectivity index (χ3n) is 7.21. The van der Waals surface area contributed by atoms with Crippen LogP contribution in [0.2, 0.25) is 0 Å². The molecular weight excluding hydrogens is 560 g/mol. The van der Waals surface area contributed by atoms with E-state index < -0.39 is 6.29 Å². The fourth-order valence-electron chi connectivity index (χ4n) is 4.97. The fourth-order valence-corrected chi connectivity index (χ4v) is 5.89. The van der Waals surface area contributed by atoms with E-state index in [2.05, 4.69) is 34.9 Å². The maximum atomic E-state index is 11.3. The zero-order valence-electron chi connectivity index (χ0n) is 24.3. The minimum atomic E-state index is -0.538. The average Bonchev–Trinajstić information content (AvgIpc) is 3.03. The highest BCUT2D eigenvalue weighted by atomic mass is 32.2. The van der Waals surface area contributed by atoms with Crippen molar-refractivity contribution in [2.75, 3.05) is 11.1 Å². The molecule has 1 saturated heterocycles. The minimum Gasteiger partial charge on any atom is -0.392 e. The van der Waals surface area contributed by atoms with Gasteiger partial charge in [-0.2, -0.15) is 0 Å². The first-order chi connectivity index (χ1) is 20.9. The van der Waals surface area contributed by atoms with Crippen molar-refractivity contribution < 1.29 is 24.2 Å². The quantitative estimate of drug-likeness (QED) is 0.175. The van der Waals surface area contributed by atoms with Crippen LogP contribution in [0.5, 0.6) is 0 Å². The van der Waals surface area contributed by atoms with Gasteiger partial charge in [-0.05, 0) is 58.1 Å².